The van der Waals surface area contributed by atoms with Gasteiger partial charge in [-0.05, 0) is 54.9 Å². The number of ether oxygens (including phenoxy) is 1. The van der Waals surface area contributed by atoms with E-state index in [2.05, 4.69) is 19.9 Å². The van der Waals surface area contributed by atoms with Gasteiger partial charge >= 0.3 is 0 Å². The van der Waals surface area contributed by atoms with Crippen molar-refractivity contribution in [1.29, 1.82) is 0 Å². The molecule has 1 aliphatic rings. The van der Waals surface area contributed by atoms with Gasteiger partial charge in [-0.15, -0.1) is 0 Å². The molecule has 1 nitrogen and oxygen atoms in total. The molecule has 2 aromatic carbocycles. The molecule has 1 atom stereocenters. The highest BCUT2D eigenvalue weighted by molar-refractivity contribution is 5.72. The number of halogens is 2. The van der Waals surface area contributed by atoms with Crippen molar-refractivity contribution in [3.8, 4) is 16.9 Å². The fourth-order valence-corrected chi connectivity index (χ4v) is 4.90. The summed E-state index contributed by atoms with van der Waals surface area (Å²) in [6.45, 7) is 5.14. The van der Waals surface area contributed by atoms with Crippen LogP contribution in [0.5, 0.6) is 5.75 Å². The van der Waals surface area contributed by atoms with E-state index < -0.39 is 11.6 Å². The third-order valence-corrected chi connectivity index (χ3v) is 7.10. The predicted molar refractivity (Wildman–Crippen MR) is 140 cm³/mol. The molecule has 0 amide bonds. The highest BCUT2D eigenvalue weighted by atomic mass is 19.2. The molecule has 0 radical (unpaired) electrons. The Morgan fingerprint density at radius 3 is 2.12 bits per heavy atom. The summed E-state index contributed by atoms with van der Waals surface area (Å²) >= 11 is 0. The van der Waals surface area contributed by atoms with Gasteiger partial charge in [-0.2, -0.15) is 0 Å². The number of allylic oxidation sites excluding steroid dienone is 2. The van der Waals surface area contributed by atoms with E-state index >= 15 is 8.78 Å². The van der Waals surface area contributed by atoms with Gasteiger partial charge in [0.25, 0.3) is 0 Å². The van der Waals surface area contributed by atoms with Crippen LogP contribution in [0.25, 0.3) is 16.7 Å². The molecule has 3 heteroatoms. The quantitative estimate of drug-likeness (QED) is 0.251. The van der Waals surface area contributed by atoms with Gasteiger partial charge in [0.1, 0.15) is 5.75 Å². The Kier molecular flexibility index (Phi) is 11.1. The van der Waals surface area contributed by atoms with Crippen molar-refractivity contribution in [2.45, 2.75) is 97.3 Å². The second-order valence-corrected chi connectivity index (χ2v) is 9.79. The fourth-order valence-electron chi connectivity index (χ4n) is 4.90. The number of rotatable bonds is 14. The Balaban J connectivity index is 1.56. The normalized spacial score (nSPS) is 15.9. The molecule has 0 saturated carbocycles. The van der Waals surface area contributed by atoms with Gasteiger partial charge in [-0.1, -0.05) is 102 Å². The highest BCUT2D eigenvalue weighted by Gasteiger charge is 2.21. The Labute approximate surface area is 205 Å². The molecule has 1 aliphatic carbocycles. The zero-order chi connectivity index (χ0) is 24.2. The van der Waals surface area contributed by atoms with Gasteiger partial charge < -0.3 is 4.74 Å². The Hall–Kier alpha value is -2.16. The highest BCUT2D eigenvalue weighted by Crippen LogP contribution is 2.36. The van der Waals surface area contributed by atoms with Crippen LogP contribution in [-0.2, 0) is 0 Å². The lowest BCUT2D eigenvalue weighted by Gasteiger charge is -2.22. The van der Waals surface area contributed by atoms with E-state index in [0.29, 0.717) is 29.2 Å². The first kappa shape index (κ1) is 26.4. The van der Waals surface area contributed by atoms with Crippen LogP contribution >= 0.6 is 0 Å². The van der Waals surface area contributed by atoms with Crippen molar-refractivity contribution >= 4 is 5.57 Å². The topological polar surface area (TPSA) is 9.23 Å². The van der Waals surface area contributed by atoms with Crippen LogP contribution < -0.4 is 4.74 Å². The predicted octanol–water partition coefficient (Wildman–Crippen LogP) is 10.1. The molecule has 0 saturated heterocycles. The third-order valence-electron chi connectivity index (χ3n) is 7.10. The second-order valence-electron chi connectivity index (χ2n) is 9.79. The maximum atomic E-state index is 15.0. The Morgan fingerprint density at radius 1 is 0.765 bits per heavy atom. The van der Waals surface area contributed by atoms with Gasteiger partial charge in [-0.3, -0.25) is 0 Å². The Bertz CT molecular complexity index is 900. The third kappa shape index (κ3) is 7.68. The van der Waals surface area contributed by atoms with Crippen molar-refractivity contribution in [1.82, 2.24) is 0 Å². The molecule has 2 aromatic rings. The molecule has 0 aliphatic heterocycles. The molecule has 186 valence electrons. The summed E-state index contributed by atoms with van der Waals surface area (Å²) < 4.78 is 35.9. The number of hydrogen-bond acceptors (Lipinski definition) is 1. The zero-order valence-electron chi connectivity index (χ0n) is 21.2. The minimum Gasteiger partial charge on any atom is -0.494 e. The van der Waals surface area contributed by atoms with E-state index in [4.69, 9.17) is 4.74 Å². The number of benzene rings is 2. The molecule has 0 bridgehead atoms. The van der Waals surface area contributed by atoms with Crippen LogP contribution in [0.4, 0.5) is 8.78 Å². The van der Waals surface area contributed by atoms with Gasteiger partial charge in [0.05, 0.1) is 6.61 Å². The van der Waals surface area contributed by atoms with Crippen LogP contribution in [0.2, 0.25) is 0 Å². The van der Waals surface area contributed by atoms with E-state index in [1.165, 1.54) is 57.8 Å². The summed E-state index contributed by atoms with van der Waals surface area (Å²) in [6.07, 6.45) is 17.4. The van der Waals surface area contributed by atoms with Crippen molar-refractivity contribution in [2.24, 2.45) is 5.92 Å². The van der Waals surface area contributed by atoms with Gasteiger partial charge in [0.15, 0.2) is 11.6 Å². The van der Waals surface area contributed by atoms with Crippen LogP contribution in [0.15, 0.2) is 42.5 Å². The smallest absolute Gasteiger partial charge is 0.167 e. The van der Waals surface area contributed by atoms with Crippen LogP contribution in [-0.4, -0.2) is 6.61 Å². The van der Waals surface area contributed by atoms with Crippen LogP contribution in [0.3, 0.4) is 0 Å². The fraction of sp³-hybridized carbons (Fsp3) is 0.548. The molecule has 0 N–H and O–H groups in total. The summed E-state index contributed by atoms with van der Waals surface area (Å²) in [6, 6.07) is 10.8. The van der Waals surface area contributed by atoms with Crippen molar-refractivity contribution in [2.75, 3.05) is 6.61 Å². The molecular formula is C31H42F2O. The average Bonchev–Trinajstić information content (AvgIpc) is 2.86. The van der Waals surface area contributed by atoms with Crippen molar-refractivity contribution < 1.29 is 13.5 Å². The average molecular weight is 469 g/mol. The summed E-state index contributed by atoms with van der Waals surface area (Å²) in [5.41, 5.74) is 2.35. The summed E-state index contributed by atoms with van der Waals surface area (Å²) in [7, 11) is 0. The standard InChI is InChI=1S/C31H42F2O/c1-3-5-7-8-9-11-23-34-27-19-17-26(18-20-27)29-22-21-28(30(32)31(29)33)25-15-13-24(14-16-25)12-10-6-4-2/h15,17-22,24H,3-14,16,23H2,1-2H3. The lowest BCUT2D eigenvalue weighted by Crippen LogP contribution is -2.07. The summed E-state index contributed by atoms with van der Waals surface area (Å²) in [5.74, 6) is -0.0271. The Morgan fingerprint density at radius 2 is 1.41 bits per heavy atom. The van der Waals surface area contributed by atoms with Crippen LogP contribution in [0.1, 0.15) is 103 Å². The molecule has 0 fully saturated rings. The lowest BCUT2D eigenvalue weighted by atomic mass is 9.83. The molecule has 0 aromatic heterocycles. The lowest BCUT2D eigenvalue weighted by molar-refractivity contribution is 0.304. The van der Waals surface area contributed by atoms with E-state index in [1.807, 2.05) is 24.3 Å². The maximum absolute atomic E-state index is 15.0. The minimum atomic E-state index is -0.760. The largest absolute Gasteiger partial charge is 0.494 e. The molecule has 1 unspecified atom stereocenters. The van der Waals surface area contributed by atoms with Gasteiger partial charge in [-0.25, -0.2) is 8.78 Å². The molecule has 0 spiro atoms. The van der Waals surface area contributed by atoms with E-state index in [1.54, 1.807) is 12.1 Å². The first-order valence-electron chi connectivity index (χ1n) is 13.5. The molecular weight excluding hydrogens is 426 g/mol. The maximum Gasteiger partial charge on any atom is 0.167 e. The van der Waals surface area contributed by atoms with Crippen molar-refractivity contribution in [3.63, 3.8) is 0 Å². The van der Waals surface area contributed by atoms with Crippen molar-refractivity contribution in [3.05, 3.63) is 59.7 Å². The van der Waals surface area contributed by atoms with E-state index in [9.17, 15) is 0 Å². The zero-order valence-corrected chi connectivity index (χ0v) is 21.2. The molecule has 34 heavy (non-hydrogen) atoms. The second kappa shape index (κ2) is 14.3. The number of hydrogen-bond donors (Lipinski definition) is 0. The minimum absolute atomic E-state index is 0.303. The molecule has 0 heterocycles. The first-order chi connectivity index (χ1) is 16.6. The van der Waals surface area contributed by atoms with Gasteiger partial charge in [0, 0.05) is 11.1 Å². The first-order valence-corrected chi connectivity index (χ1v) is 13.5. The summed E-state index contributed by atoms with van der Waals surface area (Å²) in [5, 5.41) is 0. The van der Waals surface area contributed by atoms with E-state index in [0.717, 1.165) is 37.0 Å². The number of unbranched alkanes of at least 4 members (excludes halogenated alkanes) is 7. The van der Waals surface area contributed by atoms with E-state index in [-0.39, 0.29) is 0 Å². The summed E-state index contributed by atoms with van der Waals surface area (Å²) in [4.78, 5) is 0. The van der Waals surface area contributed by atoms with Crippen LogP contribution in [0, 0.1) is 17.6 Å². The molecule has 3 rings (SSSR count). The SMILES string of the molecule is CCCCCCCCOc1ccc(-c2ccc(C3=CCC(CCCCC)CC3)c(F)c2F)cc1. The van der Waals surface area contributed by atoms with Gasteiger partial charge in [0.2, 0.25) is 0 Å². The monoisotopic (exact) mass is 468 g/mol.